The molecule has 0 radical (unpaired) electrons. The molecule has 1 fully saturated rings. The number of carbonyl (C=O) groups is 3. The summed E-state index contributed by atoms with van der Waals surface area (Å²) in [5, 5.41) is 4.76. The molecule has 1 aliphatic heterocycles. The SMILES string of the molecule is CCCn1c(C)c(C)c2cc(C(=O)N3CCN(CC(=O)OCOC(=O)C(C)(C)C)CC3)cc(NCc3ccccc3C)c21. The van der Waals surface area contributed by atoms with Gasteiger partial charge in [0.2, 0.25) is 6.79 Å². The van der Waals surface area contributed by atoms with Crippen molar-refractivity contribution in [3.05, 3.63) is 64.3 Å². The van der Waals surface area contributed by atoms with E-state index < -0.39 is 24.1 Å². The quantitative estimate of drug-likeness (QED) is 0.248. The Morgan fingerprint density at radius 1 is 0.953 bits per heavy atom. The van der Waals surface area contributed by atoms with Gasteiger partial charge in [-0.25, -0.2) is 0 Å². The molecule has 0 spiro atoms. The number of nitrogens with zero attached hydrogens (tertiary/aromatic N) is 3. The van der Waals surface area contributed by atoms with E-state index in [1.165, 1.54) is 22.4 Å². The fraction of sp³-hybridized carbons (Fsp3) is 0.500. The third-order valence-electron chi connectivity index (χ3n) is 8.19. The number of amides is 1. The number of nitrogens with one attached hydrogen (secondary N) is 1. The molecule has 232 valence electrons. The summed E-state index contributed by atoms with van der Waals surface area (Å²) in [5.41, 5.74) is 6.95. The molecule has 2 aromatic carbocycles. The van der Waals surface area contributed by atoms with Crippen molar-refractivity contribution in [1.82, 2.24) is 14.4 Å². The highest BCUT2D eigenvalue weighted by atomic mass is 16.7. The Balaban J connectivity index is 1.45. The highest BCUT2D eigenvalue weighted by Gasteiger charge is 2.27. The fourth-order valence-corrected chi connectivity index (χ4v) is 5.42. The monoisotopic (exact) mass is 590 g/mol. The molecular formula is C34H46N4O5. The summed E-state index contributed by atoms with van der Waals surface area (Å²) in [4.78, 5) is 41.8. The smallest absolute Gasteiger partial charge is 0.323 e. The minimum absolute atomic E-state index is 0.0162. The van der Waals surface area contributed by atoms with Crippen LogP contribution in [0.5, 0.6) is 0 Å². The zero-order valence-electron chi connectivity index (χ0n) is 26.7. The molecule has 9 heteroatoms. The third kappa shape index (κ3) is 7.57. The van der Waals surface area contributed by atoms with Crippen LogP contribution in [0.25, 0.3) is 10.9 Å². The van der Waals surface area contributed by atoms with Crippen LogP contribution in [0.2, 0.25) is 0 Å². The topological polar surface area (TPSA) is 93.1 Å². The van der Waals surface area contributed by atoms with E-state index in [4.69, 9.17) is 9.47 Å². The van der Waals surface area contributed by atoms with Gasteiger partial charge in [0, 0.05) is 55.9 Å². The number of piperazine rings is 1. The van der Waals surface area contributed by atoms with E-state index in [2.05, 4.69) is 55.8 Å². The maximum absolute atomic E-state index is 13.8. The van der Waals surface area contributed by atoms with Crippen LogP contribution in [-0.2, 0) is 32.2 Å². The predicted molar refractivity (Wildman–Crippen MR) is 169 cm³/mol. The molecule has 0 unspecified atom stereocenters. The van der Waals surface area contributed by atoms with Crippen LogP contribution in [0.1, 0.15) is 66.9 Å². The zero-order chi connectivity index (χ0) is 31.3. The summed E-state index contributed by atoms with van der Waals surface area (Å²) in [5.74, 6) is -0.900. The van der Waals surface area contributed by atoms with Crippen LogP contribution >= 0.6 is 0 Å². The van der Waals surface area contributed by atoms with Gasteiger partial charge in [-0.05, 0) is 76.8 Å². The number of hydrogen-bond acceptors (Lipinski definition) is 7. The normalized spacial score (nSPS) is 14.2. The van der Waals surface area contributed by atoms with Crippen molar-refractivity contribution in [2.24, 2.45) is 5.41 Å². The van der Waals surface area contributed by atoms with Crippen molar-refractivity contribution >= 4 is 34.4 Å². The van der Waals surface area contributed by atoms with Crippen LogP contribution in [0.15, 0.2) is 36.4 Å². The van der Waals surface area contributed by atoms with Gasteiger partial charge in [-0.15, -0.1) is 0 Å². The first-order valence-electron chi connectivity index (χ1n) is 15.2. The van der Waals surface area contributed by atoms with Gasteiger partial charge in [0.1, 0.15) is 0 Å². The Morgan fingerprint density at radius 2 is 1.65 bits per heavy atom. The van der Waals surface area contributed by atoms with E-state index in [1.807, 2.05) is 28.0 Å². The minimum Gasteiger partial charge on any atom is -0.427 e. The van der Waals surface area contributed by atoms with Crippen molar-refractivity contribution < 1.29 is 23.9 Å². The van der Waals surface area contributed by atoms with Gasteiger partial charge in [-0.1, -0.05) is 31.2 Å². The van der Waals surface area contributed by atoms with Crippen LogP contribution < -0.4 is 5.32 Å². The number of fused-ring (bicyclic) bond motifs is 1. The third-order valence-corrected chi connectivity index (χ3v) is 8.19. The van der Waals surface area contributed by atoms with E-state index in [9.17, 15) is 14.4 Å². The Hall–Kier alpha value is -3.85. The second-order valence-electron chi connectivity index (χ2n) is 12.4. The number of rotatable bonds is 10. The van der Waals surface area contributed by atoms with Crippen molar-refractivity contribution in [1.29, 1.82) is 0 Å². The van der Waals surface area contributed by atoms with Gasteiger partial charge in [0.25, 0.3) is 5.91 Å². The molecule has 2 heterocycles. The first kappa shape index (κ1) is 32.1. The largest absolute Gasteiger partial charge is 0.427 e. The van der Waals surface area contributed by atoms with E-state index in [0.717, 1.165) is 29.6 Å². The number of esters is 2. The molecule has 0 saturated carbocycles. The molecule has 0 bridgehead atoms. The van der Waals surface area contributed by atoms with Gasteiger partial charge in [0.05, 0.1) is 23.2 Å². The van der Waals surface area contributed by atoms with Crippen molar-refractivity contribution in [2.45, 2.75) is 68.0 Å². The molecule has 1 aromatic heterocycles. The average molecular weight is 591 g/mol. The molecule has 9 nitrogen and oxygen atoms in total. The summed E-state index contributed by atoms with van der Waals surface area (Å²) in [6, 6.07) is 12.4. The molecule has 0 atom stereocenters. The van der Waals surface area contributed by atoms with Crippen LogP contribution in [0, 0.1) is 26.2 Å². The molecule has 1 amide bonds. The maximum atomic E-state index is 13.8. The van der Waals surface area contributed by atoms with Gasteiger partial charge < -0.3 is 24.3 Å². The lowest BCUT2D eigenvalue weighted by Crippen LogP contribution is -2.50. The summed E-state index contributed by atoms with van der Waals surface area (Å²) < 4.78 is 12.5. The molecule has 1 N–H and O–H groups in total. The summed E-state index contributed by atoms with van der Waals surface area (Å²) >= 11 is 0. The second-order valence-corrected chi connectivity index (χ2v) is 12.4. The van der Waals surface area contributed by atoms with Crippen molar-refractivity contribution in [2.75, 3.05) is 44.8 Å². The fourth-order valence-electron chi connectivity index (χ4n) is 5.42. The van der Waals surface area contributed by atoms with E-state index in [1.54, 1.807) is 20.8 Å². The van der Waals surface area contributed by atoms with Crippen LogP contribution in [-0.4, -0.2) is 71.7 Å². The number of aromatic nitrogens is 1. The van der Waals surface area contributed by atoms with Gasteiger partial charge in [0.15, 0.2) is 0 Å². The number of anilines is 1. The zero-order valence-corrected chi connectivity index (χ0v) is 26.7. The molecule has 1 aliphatic rings. The van der Waals surface area contributed by atoms with Crippen molar-refractivity contribution in [3.8, 4) is 0 Å². The van der Waals surface area contributed by atoms with Crippen LogP contribution in [0.3, 0.4) is 0 Å². The maximum Gasteiger partial charge on any atom is 0.323 e. The highest BCUT2D eigenvalue weighted by Crippen LogP contribution is 2.34. The number of carbonyl (C=O) groups excluding carboxylic acids is 3. The average Bonchev–Trinajstić information content (AvgIpc) is 3.21. The molecule has 4 rings (SSSR count). The molecule has 0 aliphatic carbocycles. The lowest BCUT2D eigenvalue weighted by atomic mass is 9.98. The lowest BCUT2D eigenvalue weighted by Gasteiger charge is -2.34. The Kier molecular flexibility index (Phi) is 10.2. The predicted octanol–water partition coefficient (Wildman–Crippen LogP) is 5.44. The standard InChI is InChI=1S/C34H46N4O5/c1-8-13-38-25(4)24(3)28-18-27(19-29(31(28)38)35-20-26-12-10-9-11-23(26)2)32(40)37-16-14-36(15-17-37)21-30(39)42-22-43-33(41)34(5,6)7/h9-12,18-19,35H,8,13-17,20-22H2,1-7H3. The number of ether oxygens (including phenoxy) is 2. The summed E-state index contributed by atoms with van der Waals surface area (Å²) in [7, 11) is 0. The summed E-state index contributed by atoms with van der Waals surface area (Å²) in [6.07, 6.45) is 1.02. The second kappa shape index (κ2) is 13.6. The minimum atomic E-state index is -0.658. The Labute approximate surface area is 255 Å². The number of aryl methyl sites for hydroxylation is 3. The van der Waals surface area contributed by atoms with E-state index in [0.29, 0.717) is 38.3 Å². The number of benzene rings is 2. The highest BCUT2D eigenvalue weighted by molar-refractivity contribution is 6.04. The van der Waals surface area contributed by atoms with E-state index in [-0.39, 0.29) is 12.5 Å². The molecule has 3 aromatic rings. The first-order chi connectivity index (χ1) is 20.4. The number of hydrogen-bond donors (Lipinski definition) is 1. The van der Waals surface area contributed by atoms with E-state index >= 15 is 0 Å². The van der Waals surface area contributed by atoms with Crippen LogP contribution in [0.4, 0.5) is 5.69 Å². The van der Waals surface area contributed by atoms with Gasteiger partial charge in [-0.3, -0.25) is 19.3 Å². The van der Waals surface area contributed by atoms with Crippen molar-refractivity contribution in [3.63, 3.8) is 0 Å². The molecular weight excluding hydrogens is 544 g/mol. The first-order valence-corrected chi connectivity index (χ1v) is 15.2. The summed E-state index contributed by atoms with van der Waals surface area (Å²) in [6.45, 7) is 17.2. The van der Waals surface area contributed by atoms with Gasteiger partial charge in [-0.2, -0.15) is 0 Å². The lowest BCUT2D eigenvalue weighted by molar-refractivity contribution is -0.173. The molecule has 1 saturated heterocycles. The Bertz CT molecular complexity index is 1480. The van der Waals surface area contributed by atoms with Gasteiger partial charge >= 0.3 is 11.9 Å². The molecule has 43 heavy (non-hydrogen) atoms. The Morgan fingerprint density at radius 3 is 2.30 bits per heavy atom.